The van der Waals surface area contributed by atoms with Gasteiger partial charge in [-0.15, -0.1) is 0 Å². The topological polar surface area (TPSA) is 79.4 Å². The normalized spacial score (nSPS) is 11.8. The molecule has 138 valence electrons. The first-order valence-electron chi connectivity index (χ1n) is 8.68. The fourth-order valence-electron chi connectivity index (χ4n) is 3.48. The predicted octanol–water partition coefficient (Wildman–Crippen LogP) is 4.55. The molecule has 27 heavy (non-hydrogen) atoms. The average Bonchev–Trinajstić information content (AvgIpc) is 3.08. The zero-order valence-corrected chi connectivity index (χ0v) is 15.2. The summed E-state index contributed by atoms with van der Waals surface area (Å²) in [5, 5.41) is 9.77. The van der Waals surface area contributed by atoms with Gasteiger partial charge in [0.25, 0.3) is 0 Å². The van der Waals surface area contributed by atoms with Gasteiger partial charge in [0.2, 0.25) is 0 Å². The second-order valence-corrected chi connectivity index (χ2v) is 6.42. The number of aromatic amines is 1. The monoisotopic (exact) mass is 363 g/mol. The Labute approximate surface area is 157 Å². The molecule has 0 radical (unpaired) electrons. The first-order valence-corrected chi connectivity index (χ1v) is 8.68. The minimum absolute atomic E-state index is 0.0225. The van der Waals surface area contributed by atoms with E-state index in [1.165, 1.54) is 0 Å². The minimum Gasteiger partial charge on any atom is -0.496 e. The number of benzene rings is 2. The largest absolute Gasteiger partial charge is 0.496 e. The Hall–Kier alpha value is -3.34. The van der Waals surface area contributed by atoms with Gasteiger partial charge in [0.15, 0.2) is 6.29 Å². The van der Waals surface area contributed by atoms with Crippen LogP contribution in [0, 0.1) is 0 Å². The van der Waals surface area contributed by atoms with Crippen LogP contribution in [0.4, 0.5) is 0 Å². The molecule has 0 aliphatic carbocycles. The number of aromatic carboxylic acids is 1. The Bertz CT molecular complexity index is 960. The van der Waals surface area contributed by atoms with Crippen molar-refractivity contribution in [3.05, 3.63) is 77.0 Å². The summed E-state index contributed by atoms with van der Waals surface area (Å²) in [6.07, 6.45) is 1.21. The van der Waals surface area contributed by atoms with Gasteiger partial charge >= 0.3 is 5.97 Å². The second kappa shape index (κ2) is 7.91. The lowest BCUT2D eigenvalue weighted by Gasteiger charge is -2.16. The molecule has 3 rings (SSSR count). The number of H-pyrrole nitrogens is 1. The van der Waals surface area contributed by atoms with Crippen LogP contribution in [-0.4, -0.2) is 29.5 Å². The van der Waals surface area contributed by atoms with E-state index in [-0.39, 0.29) is 17.2 Å². The summed E-state index contributed by atoms with van der Waals surface area (Å²) < 4.78 is 5.44. The van der Waals surface area contributed by atoms with Gasteiger partial charge in [0, 0.05) is 5.56 Å². The lowest BCUT2D eigenvalue weighted by atomic mass is 9.88. The van der Waals surface area contributed by atoms with Gasteiger partial charge in [-0.05, 0) is 35.6 Å². The molecule has 2 aromatic carbocycles. The van der Waals surface area contributed by atoms with Crippen LogP contribution in [0.25, 0.3) is 11.3 Å². The maximum atomic E-state index is 11.9. The summed E-state index contributed by atoms with van der Waals surface area (Å²) in [5.74, 6) is -0.630. The smallest absolute Gasteiger partial charge is 0.338 e. The molecular weight excluding hydrogens is 342 g/mol. The summed E-state index contributed by atoms with van der Waals surface area (Å²) in [6.45, 7) is 1.97. The summed E-state index contributed by atoms with van der Waals surface area (Å²) in [7, 11) is 1.56. The van der Waals surface area contributed by atoms with Crippen LogP contribution in [0.3, 0.4) is 0 Å². The van der Waals surface area contributed by atoms with Crippen molar-refractivity contribution in [3.63, 3.8) is 0 Å². The molecule has 0 spiro atoms. The number of rotatable bonds is 7. The highest BCUT2D eigenvalue weighted by molar-refractivity contribution is 6.00. The van der Waals surface area contributed by atoms with E-state index in [0.29, 0.717) is 29.7 Å². The van der Waals surface area contributed by atoms with Crippen LogP contribution in [0.1, 0.15) is 44.8 Å². The number of carbonyl (C=O) groups is 2. The third kappa shape index (κ3) is 3.62. The number of nitrogens with one attached hydrogen (secondary N) is 1. The Morgan fingerprint density at radius 1 is 1.15 bits per heavy atom. The Balaban J connectivity index is 2.19. The molecule has 1 atom stereocenters. The van der Waals surface area contributed by atoms with Gasteiger partial charge in [0.05, 0.1) is 24.1 Å². The minimum atomic E-state index is -1.12. The molecule has 0 bridgehead atoms. The number of carboxylic acids is 1. The fourth-order valence-corrected chi connectivity index (χ4v) is 3.48. The molecule has 0 saturated carbocycles. The van der Waals surface area contributed by atoms with E-state index in [1.54, 1.807) is 7.11 Å². The SMILES string of the molecule is COc1ccccc1-c1[nH]c(C=O)c(C(=O)O)c1C(C)Cc1ccccc1. The fraction of sp³-hybridized carbons (Fsp3) is 0.182. The first-order chi connectivity index (χ1) is 13.1. The number of hydrogen-bond donors (Lipinski definition) is 2. The van der Waals surface area contributed by atoms with Crippen molar-refractivity contribution >= 4 is 12.3 Å². The van der Waals surface area contributed by atoms with Crippen LogP contribution in [0.15, 0.2) is 54.6 Å². The molecule has 2 N–H and O–H groups in total. The van der Waals surface area contributed by atoms with Gasteiger partial charge < -0.3 is 14.8 Å². The predicted molar refractivity (Wildman–Crippen MR) is 104 cm³/mol. The molecule has 1 unspecified atom stereocenters. The van der Waals surface area contributed by atoms with Crippen LogP contribution >= 0.6 is 0 Å². The number of methoxy groups -OCH3 is 1. The van der Waals surface area contributed by atoms with Crippen molar-refractivity contribution in [2.24, 2.45) is 0 Å². The number of ether oxygens (including phenoxy) is 1. The van der Waals surface area contributed by atoms with E-state index in [0.717, 1.165) is 11.1 Å². The van der Waals surface area contributed by atoms with Crippen molar-refractivity contribution in [3.8, 4) is 17.0 Å². The highest BCUT2D eigenvalue weighted by Gasteiger charge is 2.28. The molecule has 0 aliphatic rings. The number of para-hydroxylation sites is 1. The zero-order chi connectivity index (χ0) is 19.4. The van der Waals surface area contributed by atoms with Crippen molar-refractivity contribution in [2.45, 2.75) is 19.3 Å². The molecule has 5 heteroatoms. The maximum absolute atomic E-state index is 11.9. The summed E-state index contributed by atoms with van der Waals surface area (Å²) >= 11 is 0. The van der Waals surface area contributed by atoms with E-state index < -0.39 is 5.97 Å². The van der Waals surface area contributed by atoms with Gasteiger partial charge in [0.1, 0.15) is 5.75 Å². The molecule has 1 heterocycles. The number of carbonyl (C=O) groups excluding carboxylic acids is 1. The van der Waals surface area contributed by atoms with Crippen LogP contribution in [0.2, 0.25) is 0 Å². The summed E-state index contributed by atoms with van der Waals surface area (Å²) in [5.41, 5.74) is 3.13. The quantitative estimate of drug-likeness (QED) is 0.604. The van der Waals surface area contributed by atoms with Crippen molar-refractivity contribution in [1.29, 1.82) is 0 Å². The van der Waals surface area contributed by atoms with Gasteiger partial charge in [-0.2, -0.15) is 0 Å². The third-order valence-electron chi connectivity index (χ3n) is 4.65. The number of hydrogen-bond acceptors (Lipinski definition) is 3. The zero-order valence-electron chi connectivity index (χ0n) is 15.2. The van der Waals surface area contributed by atoms with Crippen molar-refractivity contribution in [2.75, 3.05) is 7.11 Å². The van der Waals surface area contributed by atoms with E-state index in [4.69, 9.17) is 4.74 Å². The molecule has 0 amide bonds. The summed E-state index contributed by atoms with van der Waals surface area (Å²) in [6, 6.07) is 17.2. The maximum Gasteiger partial charge on any atom is 0.338 e. The standard InChI is InChI=1S/C22H21NO4/c1-14(12-15-8-4-3-5-9-15)19-20(22(25)26)17(13-24)23-21(19)16-10-6-7-11-18(16)27-2/h3-11,13-14,23H,12H2,1-2H3,(H,25,26). The van der Waals surface area contributed by atoms with E-state index >= 15 is 0 Å². The van der Waals surface area contributed by atoms with Gasteiger partial charge in [-0.25, -0.2) is 4.79 Å². The average molecular weight is 363 g/mol. The van der Waals surface area contributed by atoms with E-state index in [2.05, 4.69) is 4.98 Å². The Morgan fingerprint density at radius 3 is 2.44 bits per heavy atom. The first kappa shape index (κ1) is 18.5. The molecule has 0 fully saturated rings. The van der Waals surface area contributed by atoms with Crippen molar-refractivity contribution in [1.82, 2.24) is 4.98 Å². The molecule has 0 saturated heterocycles. The molecule has 3 aromatic rings. The molecule has 0 aliphatic heterocycles. The Kier molecular flexibility index (Phi) is 5.41. The number of aldehydes is 1. The lowest BCUT2D eigenvalue weighted by molar-refractivity contribution is 0.0692. The Morgan fingerprint density at radius 2 is 1.81 bits per heavy atom. The lowest BCUT2D eigenvalue weighted by Crippen LogP contribution is -2.08. The molecular formula is C22H21NO4. The van der Waals surface area contributed by atoms with Crippen LogP contribution in [0.5, 0.6) is 5.75 Å². The number of aromatic nitrogens is 1. The van der Waals surface area contributed by atoms with Crippen molar-refractivity contribution < 1.29 is 19.4 Å². The molecule has 1 aromatic heterocycles. The summed E-state index contributed by atoms with van der Waals surface area (Å²) in [4.78, 5) is 26.5. The van der Waals surface area contributed by atoms with E-state index in [9.17, 15) is 14.7 Å². The van der Waals surface area contributed by atoms with Gasteiger partial charge in [-0.3, -0.25) is 4.79 Å². The van der Waals surface area contributed by atoms with Crippen LogP contribution < -0.4 is 4.74 Å². The highest BCUT2D eigenvalue weighted by atomic mass is 16.5. The highest BCUT2D eigenvalue weighted by Crippen LogP contribution is 2.39. The van der Waals surface area contributed by atoms with Gasteiger partial charge in [-0.1, -0.05) is 49.4 Å². The third-order valence-corrected chi connectivity index (χ3v) is 4.65. The molecule has 5 nitrogen and oxygen atoms in total. The second-order valence-electron chi connectivity index (χ2n) is 6.42. The number of carboxylic acid groups (broad SMARTS) is 1. The van der Waals surface area contributed by atoms with E-state index in [1.807, 2.05) is 61.5 Å². The van der Waals surface area contributed by atoms with Crippen LogP contribution in [-0.2, 0) is 6.42 Å².